The zero-order valence-electron chi connectivity index (χ0n) is 13.2. The van der Waals surface area contributed by atoms with Crippen molar-refractivity contribution in [2.45, 2.75) is 12.5 Å². The molecule has 10 heteroatoms. The number of carbonyl (C=O) groups is 1. The first-order valence-corrected chi connectivity index (χ1v) is 9.93. The average Bonchev–Trinajstić information content (AvgIpc) is 2.94. The topological polar surface area (TPSA) is 101 Å². The smallest absolute Gasteiger partial charge is 0.291 e. The van der Waals surface area contributed by atoms with Crippen LogP contribution >= 0.6 is 11.6 Å². The molecule has 3 heterocycles. The molecule has 0 aliphatic carbocycles. The molecule has 24 heavy (non-hydrogen) atoms. The number of piperidine rings is 1. The molecule has 0 spiro atoms. The Morgan fingerprint density at radius 1 is 1.46 bits per heavy atom. The van der Waals surface area contributed by atoms with E-state index in [-0.39, 0.29) is 30.3 Å². The molecule has 132 valence electrons. The highest BCUT2D eigenvalue weighted by molar-refractivity contribution is 7.88. The lowest BCUT2D eigenvalue weighted by atomic mass is 9.84. The maximum atomic E-state index is 12.5. The average molecular weight is 375 g/mol. The van der Waals surface area contributed by atoms with Crippen LogP contribution in [-0.2, 0) is 14.8 Å². The van der Waals surface area contributed by atoms with Gasteiger partial charge >= 0.3 is 0 Å². The van der Waals surface area contributed by atoms with Gasteiger partial charge in [-0.3, -0.25) is 4.79 Å². The molecule has 0 saturated carbocycles. The quantitative estimate of drug-likeness (QED) is 0.805. The minimum absolute atomic E-state index is 0.101. The van der Waals surface area contributed by atoms with Gasteiger partial charge in [-0.05, 0) is 12.3 Å². The van der Waals surface area contributed by atoms with Gasteiger partial charge in [0.25, 0.3) is 5.91 Å². The number of likely N-dealkylation sites (tertiary alicyclic amines) is 1. The molecule has 0 unspecified atom stereocenters. The number of halogens is 1. The van der Waals surface area contributed by atoms with Gasteiger partial charge in [0.2, 0.25) is 15.8 Å². The van der Waals surface area contributed by atoms with Crippen LogP contribution < -0.4 is 4.72 Å². The summed E-state index contributed by atoms with van der Waals surface area (Å²) >= 11 is 5.74. The molecule has 2 aliphatic rings. The first kappa shape index (κ1) is 17.5. The van der Waals surface area contributed by atoms with Crippen LogP contribution in [0.3, 0.4) is 0 Å². The van der Waals surface area contributed by atoms with Gasteiger partial charge in [-0.25, -0.2) is 23.1 Å². The van der Waals surface area contributed by atoms with Crippen LogP contribution in [0.1, 0.15) is 17.0 Å². The monoisotopic (exact) mass is 374 g/mol. The van der Waals surface area contributed by atoms with Gasteiger partial charge in [-0.1, -0.05) is 11.6 Å². The maximum absolute atomic E-state index is 12.5. The third-order valence-electron chi connectivity index (χ3n) is 4.45. The lowest BCUT2D eigenvalue weighted by Gasteiger charge is -2.35. The van der Waals surface area contributed by atoms with Crippen LogP contribution in [0.4, 0.5) is 0 Å². The Morgan fingerprint density at radius 3 is 2.83 bits per heavy atom. The number of aromatic nitrogens is 2. The number of fused-ring (bicyclic) bond motifs is 1. The molecule has 0 radical (unpaired) electrons. The van der Waals surface area contributed by atoms with E-state index in [4.69, 9.17) is 16.3 Å². The molecule has 1 N–H and O–H groups in total. The number of ether oxygens (including phenoxy) is 1. The van der Waals surface area contributed by atoms with E-state index in [0.717, 1.165) is 12.7 Å². The molecule has 2 aliphatic heterocycles. The fourth-order valence-corrected chi connectivity index (χ4v) is 3.79. The highest BCUT2D eigenvalue weighted by Crippen LogP contribution is 2.34. The summed E-state index contributed by atoms with van der Waals surface area (Å²) < 4.78 is 30.8. The summed E-state index contributed by atoms with van der Waals surface area (Å²) in [4.78, 5) is 22.2. The first-order chi connectivity index (χ1) is 11.3. The second-order valence-corrected chi connectivity index (χ2v) is 8.45. The van der Waals surface area contributed by atoms with Crippen LogP contribution in [0.25, 0.3) is 0 Å². The number of amides is 1. The predicted octanol–water partition coefficient (Wildman–Crippen LogP) is 0.156. The Balaban J connectivity index is 1.66. The van der Waals surface area contributed by atoms with E-state index in [2.05, 4.69) is 14.7 Å². The summed E-state index contributed by atoms with van der Waals surface area (Å²) in [7, 11) is -3.27. The summed E-state index contributed by atoms with van der Waals surface area (Å²) in [6.45, 7) is 1.94. The van der Waals surface area contributed by atoms with Gasteiger partial charge < -0.3 is 9.64 Å². The minimum Gasteiger partial charge on any atom is -0.376 e. The minimum atomic E-state index is -3.27. The van der Waals surface area contributed by atoms with E-state index < -0.39 is 10.0 Å². The summed E-state index contributed by atoms with van der Waals surface area (Å²) in [6, 6.07) is 0. The van der Waals surface area contributed by atoms with Crippen molar-refractivity contribution in [2.24, 2.45) is 11.8 Å². The van der Waals surface area contributed by atoms with Crippen molar-refractivity contribution in [2.75, 3.05) is 32.5 Å². The fourth-order valence-electron chi connectivity index (χ4n) is 3.22. The largest absolute Gasteiger partial charge is 0.376 e. The molecular weight excluding hydrogens is 356 g/mol. The Morgan fingerprint density at radius 2 is 2.17 bits per heavy atom. The first-order valence-electron chi connectivity index (χ1n) is 7.66. The zero-order valence-corrected chi connectivity index (χ0v) is 14.8. The molecule has 1 aromatic rings. The van der Waals surface area contributed by atoms with Crippen LogP contribution in [0.5, 0.6) is 0 Å². The van der Waals surface area contributed by atoms with Crippen molar-refractivity contribution in [1.82, 2.24) is 19.6 Å². The van der Waals surface area contributed by atoms with Crippen molar-refractivity contribution in [3.05, 3.63) is 23.2 Å². The zero-order chi connectivity index (χ0) is 17.3. The summed E-state index contributed by atoms with van der Waals surface area (Å²) in [5.74, 6) is 0.310. The molecule has 8 nitrogen and oxygen atoms in total. The summed E-state index contributed by atoms with van der Waals surface area (Å²) in [6.07, 6.45) is 4.50. The highest BCUT2D eigenvalue weighted by Gasteiger charge is 2.42. The van der Waals surface area contributed by atoms with Crippen LogP contribution in [0.2, 0.25) is 5.02 Å². The normalized spacial score (nSPS) is 27.1. The number of nitrogens with zero attached hydrogens (tertiary/aromatic N) is 3. The van der Waals surface area contributed by atoms with E-state index in [1.807, 2.05) is 0 Å². The molecule has 3 rings (SSSR count). The fraction of sp³-hybridized carbons (Fsp3) is 0.643. The Hall–Kier alpha value is -1.29. The predicted molar refractivity (Wildman–Crippen MR) is 87.1 cm³/mol. The molecular formula is C14H19ClN4O4S. The van der Waals surface area contributed by atoms with Crippen LogP contribution in [0.15, 0.2) is 12.4 Å². The van der Waals surface area contributed by atoms with E-state index in [0.29, 0.717) is 30.6 Å². The summed E-state index contributed by atoms with van der Waals surface area (Å²) in [5.41, 5.74) is 0. The molecule has 1 amide bonds. The molecule has 1 aromatic heterocycles. The third-order valence-corrected chi connectivity index (χ3v) is 5.34. The van der Waals surface area contributed by atoms with Crippen LogP contribution in [0, 0.1) is 11.8 Å². The van der Waals surface area contributed by atoms with Crippen LogP contribution in [-0.4, -0.2) is 67.8 Å². The van der Waals surface area contributed by atoms with Gasteiger partial charge in [0.1, 0.15) is 0 Å². The molecule has 2 fully saturated rings. The second kappa shape index (κ2) is 6.91. The second-order valence-electron chi connectivity index (χ2n) is 6.18. The van der Waals surface area contributed by atoms with Crippen molar-refractivity contribution < 1.29 is 17.9 Å². The molecule has 2 saturated heterocycles. The number of carbonyl (C=O) groups excluding carboxylic acids is 1. The SMILES string of the molecule is CS(=O)(=O)NC[C@H]1OC[C@@H]2CCN(C(=O)c3ncc(Cl)cn3)C[C@@H]21. The van der Waals surface area contributed by atoms with Crippen molar-refractivity contribution >= 4 is 27.5 Å². The van der Waals surface area contributed by atoms with E-state index in [9.17, 15) is 13.2 Å². The van der Waals surface area contributed by atoms with Gasteiger partial charge in [0.05, 0.1) is 24.0 Å². The lowest BCUT2D eigenvalue weighted by Crippen LogP contribution is -2.47. The van der Waals surface area contributed by atoms with Crippen molar-refractivity contribution in [3.63, 3.8) is 0 Å². The van der Waals surface area contributed by atoms with Crippen molar-refractivity contribution in [3.8, 4) is 0 Å². The molecule has 0 aromatic carbocycles. The summed E-state index contributed by atoms with van der Waals surface area (Å²) in [5, 5.41) is 0.376. The number of sulfonamides is 1. The van der Waals surface area contributed by atoms with E-state index in [1.54, 1.807) is 4.90 Å². The number of rotatable bonds is 4. The Labute approximate surface area is 145 Å². The highest BCUT2D eigenvalue weighted by atomic mass is 35.5. The lowest BCUT2D eigenvalue weighted by molar-refractivity contribution is 0.0552. The molecule has 3 atom stereocenters. The van der Waals surface area contributed by atoms with Gasteiger partial charge in [0.15, 0.2) is 0 Å². The number of hydrogen-bond acceptors (Lipinski definition) is 6. The Bertz CT molecular complexity index is 712. The van der Waals surface area contributed by atoms with Crippen molar-refractivity contribution in [1.29, 1.82) is 0 Å². The Kier molecular flexibility index (Phi) is 5.05. The maximum Gasteiger partial charge on any atom is 0.291 e. The van der Waals surface area contributed by atoms with Gasteiger partial charge in [0, 0.05) is 37.9 Å². The third kappa shape index (κ3) is 4.02. The molecule has 0 bridgehead atoms. The van der Waals surface area contributed by atoms with E-state index >= 15 is 0 Å². The number of hydrogen-bond donors (Lipinski definition) is 1. The van der Waals surface area contributed by atoms with E-state index in [1.165, 1.54) is 12.4 Å². The number of nitrogens with one attached hydrogen (secondary N) is 1. The van der Waals surface area contributed by atoms with Gasteiger partial charge in [-0.15, -0.1) is 0 Å². The standard InChI is InChI=1S/C14H19ClN4O4S/c1-24(21,22)18-6-12-11-7-19(3-2-9(11)8-23-12)14(20)13-16-4-10(15)5-17-13/h4-5,9,11-12,18H,2-3,6-8H2,1H3/t9-,11-,12+/m0/s1. The van der Waals surface area contributed by atoms with Gasteiger partial charge in [-0.2, -0.15) is 0 Å².